The fraction of sp³-hybridized carbons (Fsp3) is 0.435. The minimum absolute atomic E-state index is 0.00373. The summed E-state index contributed by atoms with van der Waals surface area (Å²) in [6, 6.07) is 13.5. The number of nitrogens with one attached hydrogen (secondary N) is 1. The van der Waals surface area contributed by atoms with Crippen LogP contribution in [0.4, 0.5) is 0 Å². The Balaban J connectivity index is 2.35. The molecule has 0 spiro atoms. The molecule has 1 atom stereocenters. The summed E-state index contributed by atoms with van der Waals surface area (Å²) in [5.74, 6) is -0.279. The van der Waals surface area contributed by atoms with E-state index in [1.54, 1.807) is 0 Å². The van der Waals surface area contributed by atoms with Gasteiger partial charge in [-0.3, -0.25) is 4.79 Å². The van der Waals surface area contributed by atoms with Gasteiger partial charge in [-0.25, -0.2) is 8.42 Å². The number of sulfonamides is 1. The molecule has 0 saturated heterocycles. The largest absolute Gasteiger partial charge is 0.353 e. The van der Waals surface area contributed by atoms with Crippen LogP contribution >= 0.6 is 0 Å². The normalized spacial score (nSPS) is 12.8. The van der Waals surface area contributed by atoms with Gasteiger partial charge < -0.3 is 5.32 Å². The third kappa shape index (κ3) is 6.15. The Morgan fingerprint density at radius 2 is 1.66 bits per heavy atom. The zero-order valence-electron chi connectivity index (χ0n) is 18.0. The summed E-state index contributed by atoms with van der Waals surface area (Å²) in [7, 11) is -3.81. The minimum atomic E-state index is -3.81. The van der Waals surface area contributed by atoms with Crippen LogP contribution in [0, 0.1) is 20.8 Å². The Morgan fingerprint density at radius 3 is 2.21 bits per heavy atom. The van der Waals surface area contributed by atoms with E-state index in [0.29, 0.717) is 22.4 Å². The summed E-state index contributed by atoms with van der Waals surface area (Å²) < 4.78 is 28.4. The maximum Gasteiger partial charge on any atom is 0.244 e. The predicted octanol–water partition coefficient (Wildman–Crippen LogP) is 3.76. The zero-order chi connectivity index (χ0) is 21.6. The second kappa shape index (κ2) is 10.0. The van der Waals surface area contributed by atoms with Crippen molar-refractivity contribution in [1.29, 1.82) is 0 Å². The van der Waals surface area contributed by atoms with E-state index in [1.165, 1.54) is 4.31 Å². The molecule has 29 heavy (non-hydrogen) atoms. The van der Waals surface area contributed by atoms with Crippen molar-refractivity contribution >= 4 is 15.9 Å². The van der Waals surface area contributed by atoms with E-state index < -0.39 is 10.0 Å². The molecule has 0 radical (unpaired) electrons. The van der Waals surface area contributed by atoms with E-state index in [2.05, 4.69) is 5.32 Å². The number of nitrogens with zero attached hydrogens (tertiary/aromatic N) is 1. The van der Waals surface area contributed by atoms with Crippen LogP contribution in [0.25, 0.3) is 0 Å². The molecular weight excluding hydrogens is 384 g/mol. The van der Waals surface area contributed by atoms with Crippen molar-refractivity contribution in [2.24, 2.45) is 0 Å². The van der Waals surface area contributed by atoms with Gasteiger partial charge in [0.2, 0.25) is 15.9 Å². The second-order valence-corrected chi connectivity index (χ2v) is 9.55. The second-order valence-electron chi connectivity index (χ2n) is 7.68. The van der Waals surface area contributed by atoms with Crippen LogP contribution in [-0.2, 0) is 21.2 Å². The summed E-state index contributed by atoms with van der Waals surface area (Å²) in [6.07, 6.45) is 1.33. The summed E-state index contributed by atoms with van der Waals surface area (Å²) in [5, 5.41) is 2.88. The van der Waals surface area contributed by atoms with Crippen LogP contribution in [0.3, 0.4) is 0 Å². The molecule has 0 fully saturated rings. The standard InChI is InChI=1S/C23H32N2O3S/c1-6-20(5)24-22(26)16-25(13-12-21-10-8-7-9-11-21)29(27,28)23-18(3)14-17(2)15-19(23)4/h7-11,14-15,20H,6,12-13,16H2,1-5H3,(H,24,26)/t20-/m0/s1. The lowest BCUT2D eigenvalue weighted by atomic mass is 10.1. The number of carbonyl (C=O) groups is 1. The molecule has 2 aromatic carbocycles. The number of rotatable bonds is 9. The lowest BCUT2D eigenvalue weighted by Crippen LogP contribution is -2.44. The van der Waals surface area contributed by atoms with Crippen LogP contribution in [0.2, 0.25) is 0 Å². The van der Waals surface area contributed by atoms with Crippen molar-refractivity contribution < 1.29 is 13.2 Å². The Bertz CT molecular complexity index is 917. The highest BCUT2D eigenvalue weighted by Gasteiger charge is 2.29. The van der Waals surface area contributed by atoms with Gasteiger partial charge in [-0.05, 0) is 57.2 Å². The molecule has 1 amide bonds. The third-order valence-electron chi connectivity index (χ3n) is 5.03. The SMILES string of the molecule is CC[C@H](C)NC(=O)CN(CCc1ccccc1)S(=O)(=O)c1c(C)cc(C)cc1C. The number of amides is 1. The highest BCUT2D eigenvalue weighted by Crippen LogP contribution is 2.25. The predicted molar refractivity (Wildman–Crippen MR) is 117 cm³/mol. The summed E-state index contributed by atoms with van der Waals surface area (Å²) in [4.78, 5) is 12.8. The number of hydrogen-bond acceptors (Lipinski definition) is 3. The van der Waals surface area contributed by atoms with Gasteiger partial charge in [-0.15, -0.1) is 0 Å². The maximum atomic E-state index is 13.5. The molecule has 0 aliphatic heterocycles. The molecule has 1 N–H and O–H groups in total. The first kappa shape index (κ1) is 23.1. The summed E-state index contributed by atoms with van der Waals surface area (Å²) in [6.45, 7) is 9.51. The first-order chi connectivity index (χ1) is 13.6. The molecule has 6 heteroatoms. The van der Waals surface area contributed by atoms with E-state index in [4.69, 9.17) is 0 Å². The van der Waals surface area contributed by atoms with Gasteiger partial charge in [0, 0.05) is 12.6 Å². The highest BCUT2D eigenvalue weighted by molar-refractivity contribution is 7.89. The molecule has 0 unspecified atom stereocenters. The average molecular weight is 417 g/mol. The molecule has 0 aromatic heterocycles. The van der Waals surface area contributed by atoms with Gasteiger partial charge in [-0.1, -0.05) is 55.0 Å². The number of benzene rings is 2. The monoisotopic (exact) mass is 416 g/mol. The van der Waals surface area contributed by atoms with Gasteiger partial charge in [-0.2, -0.15) is 4.31 Å². The quantitative estimate of drug-likeness (QED) is 0.677. The third-order valence-corrected chi connectivity index (χ3v) is 7.19. The van der Waals surface area contributed by atoms with Crippen molar-refractivity contribution in [2.75, 3.05) is 13.1 Å². The van der Waals surface area contributed by atoms with E-state index >= 15 is 0 Å². The number of aryl methyl sites for hydroxylation is 3. The lowest BCUT2D eigenvalue weighted by Gasteiger charge is -2.25. The first-order valence-corrected chi connectivity index (χ1v) is 11.5. The van der Waals surface area contributed by atoms with Crippen LogP contribution in [0.5, 0.6) is 0 Å². The first-order valence-electron chi connectivity index (χ1n) is 10.1. The smallest absolute Gasteiger partial charge is 0.244 e. The van der Waals surface area contributed by atoms with Crippen molar-refractivity contribution in [3.63, 3.8) is 0 Å². The lowest BCUT2D eigenvalue weighted by molar-refractivity contribution is -0.121. The molecule has 0 bridgehead atoms. The van der Waals surface area contributed by atoms with E-state index in [0.717, 1.165) is 17.5 Å². The fourth-order valence-corrected chi connectivity index (χ4v) is 5.28. The molecule has 2 rings (SSSR count). The molecule has 158 valence electrons. The van der Waals surface area contributed by atoms with Gasteiger partial charge in [0.05, 0.1) is 11.4 Å². The molecule has 0 saturated carbocycles. The minimum Gasteiger partial charge on any atom is -0.353 e. The Hall–Kier alpha value is -2.18. The molecule has 0 aliphatic rings. The van der Waals surface area contributed by atoms with Crippen LogP contribution in [0.15, 0.2) is 47.4 Å². The maximum absolute atomic E-state index is 13.5. The summed E-state index contributed by atoms with van der Waals surface area (Å²) >= 11 is 0. The average Bonchev–Trinajstić information content (AvgIpc) is 2.64. The van der Waals surface area contributed by atoms with E-state index in [1.807, 2.05) is 77.1 Å². The van der Waals surface area contributed by atoms with Crippen LogP contribution < -0.4 is 5.32 Å². The molecule has 2 aromatic rings. The van der Waals surface area contributed by atoms with E-state index in [9.17, 15) is 13.2 Å². The van der Waals surface area contributed by atoms with Gasteiger partial charge in [0.25, 0.3) is 0 Å². The van der Waals surface area contributed by atoms with Gasteiger partial charge in [0.1, 0.15) is 0 Å². The van der Waals surface area contributed by atoms with Crippen molar-refractivity contribution in [3.05, 3.63) is 64.7 Å². The van der Waals surface area contributed by atoms with Crippen LogP contribution in [-0.4, -0.2) is 37.8 Å². The fourth-order valence-electron chi connectivity index (χ4n) is 3.47. The molecular formula is C23H32N2O3S. The number of hydrogen-bond donors (Lipinski definition) is 1. The van der Waals surface area contributed by atoms with Gasteiger partial charge >= 0.3 is 0 Å². The Labute approximate surface area is 175 Å². The highest BCUT2D eigenvalue weighted by atomic mass is 32.2. The Morgan fingerprint density at radius 1 is 1.07 bits per heavy atom. The Kier molecular flexibility index (Phi) is 7.99. The number of carbonyl (C=O) groups excluding carboxylic acids is 1. The molecule has 0 aliphatic carbocycles. The van der Waals surface area contributed by atoms with Crippen LogP contribution in [0.1, 0.15) is 42.5 Å². The van der Waals surface area contributed by atoms with Crippen molar-refractivity contribution in [2.45, 2.75) is 58.4 Å². The van der Waals surface area contributed by atoms with Crippen molar-refractivity contribution in [3.8, 4) is 0 Å². The molecule has 0 heterocycles. The molecule has 5 nitrogen and oxygen atoms in total. The van der Waals surface area contributed by atoms with E-state index in [-0.39, 0.29) is 25.0 Å². The van der Waals surface area contributed by atoms with Crippen molar-refractivity contribution in [1.82, 2.24) is 9.62 Å². The summed E-state index contributed by atoms with van der Waals surface area (Å²) in [5.41, 5.74) is 3.46. The zero-order valence-corrected chi connectivity index (χ0v) is 18.8. The van der Waals surface area contributed by atoms with Gasteiger partial charge in [0.15, 0.2) is 0 Å². The topological polar surface area (TPSA) is 66.5 Å².